The standard InChI is InChI=1S/C22H15N3O3/c26-14-7-5-13(6-8-14)17-12-23-22-24-18-3-1-2-4-19(18)25(22)21(17)16-10-9-15(27)11-20(16)28/h1-12,26-28H. The summed E-state index contributed by atoms with van der Waals surface area (Å²) in [6.07, 6.45) is 1.70. The van der Waals surface area contributed by atoms with Crippen LogP contribution in [0.25, 0.3) is 39.2 Å². The number of aromatic hydroxyl groups is 3. The quantitative estimate of drug-likeness (QED) is 0.431. The van der Waals surface area contributed by atoms with E-state index in [2.05, 4.69) is 9.97 Å². The van der Waals surface area contributed by atoms with Gasteiger partial charge in [0.15, 0.2) is 0 Å². The average molecular weight is 369 g/mol. The van der Waals surface area contributed by atoms with Crippen LogP contribution in [-0.2, 0) is 0 Å². The zero-order valence-electron chi connectivity index (χ0n) is 14.6. The fourth-order valence-electron chi connectivity index (χ4n) is 3.46. The number of hydrogen-bond donors (Lipinski definition) is 3. The monoisotopic (exact) mass is 369 g/mol. The molecule has 3 N–H and O–H groups in total. The summed E-state index contributed by atoms with van der Waals surface area (Å²) in [5.74, 6) is 0.602. The van der Waals surface area contributed by atoms with Crippen molar-refractivity contribution >= 4 is 16.8 Å². The Kier molecular flexibility index (Phi) is 3.45. The summed E-state index contributed by atoms with van der Waals surface area (Å²) in [4.78, 5) is 9.09. The molecule has 0 atom stereocenters. The molecule has 5 rings (SSSR count). The molecule has 6 nitrogen and oxygen atoms in total. The van der Waals surface area contributed by atoms with Crippen LogP contribution >= 0.6 is 0 Å². The lowest BCUT2D eigenvalue weighted by Gasteiger charge is -2.14. The highest BCUT2D eigenvalue weighted by Gasteiger charge is 2.19. The number of hydrogen-bond acceptors (Lipinski definition) is 5. The van der Waals surface area contributed by atoms with Crippen molar-refractivity contribution < 1.29 is 15.3 Å². The van der Waals surface area contributed by atoms with Crippen LogP contribution in [0.2, 0.25) is 0 Å². The van der Waals surface area contributed by atoms with Crippen molar-refractivity contribution in [1.82, 2.24) is 14.4 Å². The van der Waals surface area contributed by atoms with Gasteiger partial charge in [-0.2, -0.15) is 0 Å². The minimum absolute atomic E-state index is 0.0202. The Morgan fingerprint density at radius 2 is 1.50 bits per heavy atom. The predicted octanol–water partition coefficient (Wildman–Crippen LogP) is 4.33. The van der Waals surface area contributed by atoms with E-state index in [0.717, 1.165) is 22.2 Å². The van der Waals surface area contributed by atoms with Crippen molar-refractivity contribution in [3.8, 4) is 39.6 Å². The summed E-state index contributed by atoms with van der Waals surface area (Å²) in [6.45, 7) is 0. The molecule has 0 radical (unpaired) electrons. The SMILES string of the molecule is Oc1ccc(-c2cnc3nc4ccccc4n3c2-c2ccc(O)cc2O)cc1. The van der Waals surface area contributed by atoms with Crippen molar-refractivity contribution in [2.75, 3.05) is 0 Å². The number of phenolic OH excluding ortho intramolecular Hbond substituents is 3. The molecule has 2 aromatic heterocycles. The lowest BCUT2D eigenvalue weighted by atomic mass is 9.99. The van der Waals surface area contributed by atoms with Gasteiger partial charge in [0.05, 0.1) is 16.7 Å². The number of para-hydroxylation sites is 2. The maximum absolute atomic E-state index is 10.6. The van der Waals surface area contributed by atoms with Crippen molar-refractivity contribution in [3.05, 3.63) is 72.9 Å². The summed E-state index contributed by atoms with van der Waals surface area (Å²) in [7, 11) is 0. The number of benzene rings is 3. The van der Waals surface area contributed by atoms with Crippen LogP contribution in [0, 0.1) is 0 Å². The highest BCUT2D eigenvalue weighted by molar-refractivity contribution is 5.90. The normalized spacial score (nSPS) is 11.3. The molecule has 6 heteroatoms. The maximum Gasteiger partial charge on any atom is 0.235 e. The van der Waals surface area contributed by atoms with Gasteiger partial charge in [-0.3, -0.25) is 4.40 Å². The van der Waals surface area contributed by atoms with Gasteiger partial charge in [0.2, 0.25) is 5.78 Å². The van der Waals surface area contributed by atoms with E-state index in [1.807, 2.05) is 28.7 Å². The van der Waals surface area contributed by atoms with E-state index in [0.29, 0.717) is 17.0 Å². The summed E-state index contributed by atoms with van der Waals surface area (Å²) >= 11 is 0. The molecule has 0 aliphatic carbocycles. The number of aromatic nitrogens is 3. The van der Waals surface area contributed by atoms with Gasteiger partial charge in [-0.1, -0.05) is 24.3 Å². The molecule has 5 aromatic rings. The summed E-state index contributed by atoms with van der Waals surface area (Å²) in [6, 6.07) is 19.0. The fourth-order valence-corrected chi connectivity index (χ4v) is 3.46. The van der Waals surface area contributed by atoms with Crippen LogP contribution in [-0.4, -0.2) is 29.7 Å². The zero-order chi connectivity index (χ0) is 19.3. The fraction of sp³-hybridized carbons (Fsp3) is 0. The Labute approximate surface area is 159 Å². The van der Waals surface area contributed by atoms with E-state index >= 15 is 0 Å². The smallest absolute Gasteiger partial charge is 0.235 e. The first-order valence-electron chi connectivity index (χ1n) is 8.70. The molecule has 0 amide bonds. The molecule has 0 saturated heterocycles. The summed E-state index contributed by atoms with van der Waals surface area (Å²) in [5.41, 5.74) is 4.47. The predicted molar refractivity (Wildman–Crippen MR) is 106 cm³/mol. The Bertz CT molecular complexity index is 1340. The van der Waals surface area contributed by atoms with Crippen LogP contribution < -0.4 is 0 Å². The van der Waals surface area contributed by atoms with Crippen LogP contribution in [0.4, 0.5) is 0 Å². The molecular weight excluding hydrogens is 354 g/mol. The molecule has 0 fully saturated rings. The number of imidazole rings is 1. The largest absolute Gasteiger partial charge is 0.508 e. The number of nitrogens with zero attached hydrogens (tertiary/aromatic N) is 3. The molecule has 0 unspecified atom stereocenters. The molecule has 0 saturated carbocycles. The van der Waals surface area contributed by atoms with E-state index in [-0.39, 0.29) is 17.2 Å². The van der Waals surface area contributed by atoms with Gasteiger partial charge in [-0.15, -0.1) is 0 Å². The topological polar surface area (TPSA) is 90.9 Å². The first-order chi connectivity index (χ1) is 13.6. The van der Waals surface area contributed by atoms with Crippen molar-refractivity contribution in [1.29, 1.82) is 0 Å². The van der Waals surface area contributed by atoms with Gasteiger partial charge in [0.25, 0.3) is 0 Å². The minimum atomic E-state index is -0.0506. The van der Waals surface area contributed by atoms with Gasteiger partial charge in [0, 0.05) is 23.4 Å². The first kappa shape index (κ1) is 16.1. The van der Waals surface area contributed by atoms with Crippen LogP contribution in [0.1, 0.15) is 0 Å². The number of fused-ring (bicyclic) bond motifs is 3. The lowest BCUT2D eigenvalue weighted by molar-refractivity contribution is 0.451. The third-order valence-electron chi connectivity index (χ3n) is 4.75. The summed E-state index contributed by atoms with van der Waals surface area (Å²) in [5, 5.41) is 29.9. The second-order valence-electron chi connectivity index (χ2n) is 6.50. The average Bonchev–Trinajstić information content (AvgIpc) is 3.07. The lowest BCUT2D eigenvalue weighted by Crippen LogP contribution is -1.99. The number of rotatable bonds is 2. The first-order valence-corrected chi connectivity index (χ1v) is 8.70. The van der Waals surface area contributed by atoms with E-state index in [1.165, 1.54) is 12.1 Å². The molecule has 136 valence electrons. The second-order valence-corrected chi connectivity index (χ2v) is 6.50. The van der Waals surface area contributed by atoms with Gasteiger partial charge < -0.3 is 15.3 Å². The Hall–Kier alpha value is -4.06. The van der Waals surface area contributed by atoms with Crippen LogP contribution in [0.5, 0.6) is 17.2 Å². The number of phenols is 3. The minimum Gasteiger partial charge on any atom is -0.508 e. The summed E-state index contributed by atoms with van der Waals surface area (Å²) < 4.78 is 1.89. The Balaban J connectivity index is 1.94. The van der Waals surface area contributed by atoms with Gasteiger partial charge in [-0.05, 0) is 42.0 Å². The maximum atomic E-state index is 10.6. The third-order valence-corrected chi connectivity index (χ3v) is 4.75. The molecule has 0 bridgehead atoms. The molecule has 2 heterocycles. The van der Waals surface area contributed by atoms with Gasteiger partial charge >= 0.3 is 0 Å². The zero-order valence-corrected chi connectivity index (χ0v) is 14.6. The molecule has 3 aromatic carbocycles. The van der Waals surface area contributed by atoms with Crippen LogP contribution in [0.15, 0.2) is 72.9 Å². The third kappa shape index (κ3) is 2.43. The molecule has 28 heavy (non-hydrogen) atoms. The molecule has 0 aliphatic rings. The molecular formula is C22H15N3O3. The van der Waals surface area contributed by atoms with Crippen molar-refractivity contribution in [2.24, 2.45) is 0 Å². The van der Waals surface area contributed by atoms with Crippen molar-refractivity contribution in [2.45, 2.75) is 0 Å². The highest BCUT2D eigenvalue weighted by Crippen LogP contribution is 2.39. The van der Waals surface area contributed by atoms with Gasteiger partial charge in [0.1, 0.15) is 17.2 Å². The molecule has 0 spiro atoms. The second kappa shape index (κ2) is 5.99. The Morgan fingerprint density at radius 1 is 0.750 bits per heavy atom. The highest BCUT2D eigenvalue weighted by atomic mass is 16.3. The Morgan fingerprint density at radius 3 is 2.29 bits per heavy atom. The van der Waals surface area contributed by atoms with E-state index in [4.69, 9.17) is 0 Å². The molecule has 0 aliphatic heterocycles. The van der Waals surface area contributed by atoms with E-state index < -0.39 is 0 Å². The van der Waals surface area contributed by atoms with Crippen molar-refractivity contribution in [3.63, 3.8) is 0 Å². The van der Waals surface area contributed by atoms with E-state index in [1.54, 1.807) is 36.5 Å². The van der Waals surface area contributed by atoms with Crippen LogP contribution in [0.3, 0.4) is 0 Å². The van der Waals surface area contributed by atoms with Gasteiger partial charge in [-0.25, -0.2) is 9.97 Å². The van der Waals surface area contributed by atoms with E-state index in [9.17, 15) is 15.3 Å².